The van der Waals surface area contributed by atoms with Crippen LogP contribution in [0.25, 0.3) is 0 Å². The predicted molar refractivity (Wildman–Crippen MR) is 59.7 cm³/mol. The highest BCUT2D eigenvalue weighted by atomic mass is 16.5. The zero-order valence-electron chi connectivity index (χ0n) is 9.37. The first-order chi connectivity index (χ1) is 6.45. The van der Waals surface area contributed by atoms with Gasteiger partial charge in [-0.3, -0.25) is 0 Å². The minimum Gasteiger partial charge on any atom is -0.497 e. The third kappa shape index (κ3) is 2.48. The third-order valence-electron chi connectivity index (χ3n) is 2.71. The Morgan fingerprint density at radius 1 is 1.36 bits per heavy atom. The number of methoxy groups -OCH3 is 1. The van der Waals surface area contributed by atoms with Crippen molar-refractivity contribution in [2.75, 3.05) is 7.11 Å². The zero-order chi connectivity index (χ0) is 10.8. The molecule has 1 aromatic carbocycles. The van der Waals surface area contributed by atoms with E-state index in [1.165, 1.54) is 5.56 Å². The SMILES string of the molecule is COc1cccc(C(C)C(C)(C)N)c1. The molecule has 0 saturated heterocycles. The molecule has 0 heterocycles. The quantitative estimate of drug-likeness (QED) is 0.800. The van der Waals surface area contributed by atoms with Crippen molar-refractivity contribution in [1.82, 2.24) is 0 Å². The van der Waals surface area contributed by atoms with Crippen LogP contribution >= 0.6 is 0 Å². The van der Waals surface area contributed by atoms with E-state index in [9.17, 15) is 0 Å². The Morgan fingerprint density at radius 2 is 2.00 bits per heavy atom. The smallest absolute Gasteiger partial charge is 0.119 e. The second-order valence-corrected chi connectivity index (χ2v) is 4.32. The number of ether oxygens (including phenoxy) is 1. The summed E-state index contributed by atoms with van der Waals surface area (Å²) < 4.78 is 5.18. The summed E-state index contributed by atoms with van der Waals surface area (Å²) in [4.78, 5) is 0. The van der Waals surface area contributed by atoms with Gasteiger partial charge in [-0.25, -0.2) is 0 Å². The van der Waals surface area contributed by atoms with Crippen LogP contribution in [0, 0.1) is 0 Å². The molecule has 14 heavy (non-hydrogen) atoms. The van der Waals surface area contributed by atoms with Crippen molar-refractivity contribution in [1.29, 1.82) is 0 Å². The summed E-state index contributed by atoms with van der Waals surface area (Å²) in [5.41, 5.74) is 7.08. The molecule has 2 nitrogen and oxygen atoms in total. The third-order valence-corrected chi connectivity index (χ3v) is 2.71. The maximum Gasteiger partial charge on any atom is 0.119 e. The van der Waals surface area contributed by atoms with Gasteiger partial charge in [0.2, 0.25) is 0 Å². The van der Waals surface area contributed by atoms with E-state index in [4.69, 9.17) is 10.5 Å². The van der Waals surface area contributed by atoms with E-state index < -0.39 is 0 Å². The van der Waals surface area contributed by atoms with Gasteiger partial charge in [-0.1, -0.05) is 19.1 Å². The van der Waals surface area contributed by atoms with E-state index in [2.05, 4.69) is 13.0 Å². The number of rotatable bonds is 3. The maximum atomic E-state index is 6.06. The van der Waals surface area contributed by atoms with Crippen LogP contribution in [0.5, 0.6) is 5.75 Å². The van der Waals surface area contributed by atoms with E-state index >= 15 is 0 Å². The molecule has 0 aromatic heterocycles. The monoisotopic (exact) mass is 193 g/mol. The molecule has 0 spiro atoms. The molecular weight excluding hydrogens is 174 g/mol. The maximum absolute atomic E-state index is 6.06. The van der Waals surface area contributed by atoms with Crippen LogP contribution < -0.4 is 10.5 Å². The molecular formula is C12H19NO. The second kappa shape index (κ2) is 4.01. The van der Waals surface area contributed by atoms with Crippen molar-refractivity contribution >= 4 is 0 Å². The summed E-state index contributed by atoms with van der Waals surface area (Å²) in [7, 11) is 1.68. The van der Waals surface area contributed by atoms with E-state index in [1.54, 1.807) is 7.11 Å². The van der Waals surface area contributed by atoms with Crippen LogP contribution in [0.1, 0.15) is 32.3 Å². The van der Waals surface area contributed by atoms with Crippen LogP contribution in [0.15, 0.2) is 24.3 Å². The van der Waals surface area contributed by atoms with E-state index in [1.807, 2.05) is 32.0 Å². The Morgan fingerprint density at radius 3 is 2.50 bits per heavy atom. The molecule has 2 N–H and O–H groups in total. The van der Waals surface area contributed by atoms with Gasteiger partial charge < -0.3 is 10.5 Å². The lowest BCUT2D eigenvalue weighted by atomic mass is 9.84. The molecule has 0 saturated carbocycles. The van der Waals surface area contributed by atoms with Gasteiger partial charge >= 0.3 is 0 Å². The molecule has 0 aliphatic heterocycles. The van der Waals surface area contributed by atoms with Crippen LogP contribution in [-0.2, 0) is 0 Å². The van der Waals surface area contributed by atoms with Gasteiger partial charge in [-0.15, -0.1) is 0 Å². The summed E-state index contributed by atoms with van der Waals surface area (Å²) in [6, 6.07) is 8.07. The Balaban J connectivity index is 2.95. The second-order valence-electron chi connectivity index (χ2n) is 4.32. The number of benzene rings is 1. The van der Waals surface area contributed by atoms with Gasteiger partial charge in [0, 0.05) is 5.54 Å². The van der Waals surface area contributed by atoms with Crippen LogP contribution in [0.3, 0.4) is 0 Å². The van der Waals surface area contributed by atoms with Crippen LogP contribution in [-0.4, -0.2) is 12.6 Å². The van der Waals surface area contributed by atoms with Crippen molar-refractivity contribution in [3.8, 4) is 5.75 Å². The zero-order valence-corrected chi connectivity index (χ0v) is 9.37. The summed E-state index contributed by atoms with van der Waals surface area (Å²) in [6.45, 7) is 6.21. The minimum atomic E-state index is -0.202. The normalized spacial score (nSPS) is 13.8. The first-order valence-electron chi connectivity index (χ1n) is 4.88. The van der Waals surface area contributed by atoms with Crippen LogP contribution in [0.2, 0.25) is 0 Å². The van der Waals surface area contributed by atoms with Crippen molar-refractivity contribution in [2.24, 2.45) is 5.73 Å². The summed E-state index contributed by atoms with van der Waals surface area (Å²) >= 11 is 0. The van der Waals surface area contributed by atoms with E-state index in [-0.39, 0.29) is 5.54 Å². The lowest BCUT2D eigenvalue weighted by molar-refractivity contribution is 0.408. The fourth-order valence-electron chi connectivity index (χ4n) is 1.34. The number of nitrogens with two attached hydrogens (primary N) is 1. The fourth-order valence-corrected chi connectivity index (χ4v) is 1.34. The Labute approximate surface area is 86.1 Å². The predicted octanol–water partition coefficient (Wildman–Crippen LogP) is 2.54. The molecule has 0 aliphatic carbocycles. The summed E-state index contributed by atoms with van der Waals surface area (Å²) in [5, 5.41) is 0. The van der Waals surface area contributed by atoms with E-state index in [0.717, 1.165) is 5.75 Å². The minimum absolute atomic E-state index is 0.202. The number of hydrogen-bond donors (Lipinski definition) is 1. The van der Waals surface area contributed by atoms with Gasteiger partial charge in [-0.05, 0) is 37.5 Å². The molecule has 1 unspecified atom stereocenters. The molecule has 1 rings (SSSR count). The lowest BCUT2D eigenvalue weighted by Gasteiger charge is -2.27. The Bertz CT molecular complexity index is 301. The standard InChI is InChI=1S/C12H19NO/c1-9(12(2,3)13)10-6-5-7-11(8-10)14-4/h5-9H,13H2,1-4H3. The summed E-state index contributed by atoms with van der Waals surface area (Å²) in [6.07, 6.45) is 0. The average molecular weight is 193 g/mol. The topological polar surface area (TPSA) is 35.2 Å². The molecule has 78 valence electrons. The highest BCUT2D eigenvalue weighted by Gasteiger charge is 2.22. The molecule has 0 aliphatic rings. The van der Waals surface area contributed by atoms with E-state index in [0.29, 0.717) is 5.92 Å². The Kier molecular flexibility index (Phi) is 3.17. The van der Waals surface area contributed by atoms with Gasteiger partial charge in [0.1, 0.15) is 5.75 Å². The first-order valence-corrected chi connectivity index (χ1v) is 4.88. The van der Waals surface area contributed by atoms with Crippen LogP contribution in [0.4, 0.5) is 0 Å². The van der Waals surface area contributed by atoms with Crippen molar-refractivity contribution < 1.29 is 4.74 Å². The van der Waals surface area contributed by atoms with Crippen molar-refractivity contribution in [2.45, 2.75) is 32.2 Å². The molecule has 0 fully saturated rings. The highest BCUT2D eigenvalue weighted by molar-refractivity contribution is 5.31. The molecule has 0 amide bonds. The molecule has 1 aromatic rings. The number of hydrogen-bond acceptors (Lipinski definition) is 2. The molecule has 0 radical (unpaired) electrons. The van der Waals surface area contributed by atoms with Gasteiger partial charge in [-0.2, -0.15) is 0 Å². The highest BCUT2D eigenvalue weighted by Crippen LogP contribution is 2.27. The average Bonchev–Trinajstić information content (AvgIpc) is 2.15. The fraction of sp³-hybridized carbons (Fsp3) is 0.500. The van der Waals surface area contributed by atoms with Gasteiger partial charge in [0.15, 0.2) is 0 Å². The van der Waals surface area contributed by atoms with Gasteiger partial charge in [0.25, 0.3) is 0 Å². The van der Waals surface area contributed by atoms with Crippen molar-refractivity contribution in [3.63, 3.8) is 0 Å². The molecule has 1 atom stereocenters. The largest absolute Gasteiger partial charge is 0.497 e. The summed E-state index contributed by atoms with van der Waals surface area (Å²) in [5.74, 6) is 1.20. The first kappa shape index (κ1) is 11.1. The molecule has 0 bridgehead atoms. The van der Waals surface area contributed by atoms with Crippen molar-refractivity contribution in [3.05, 3.63) is 29.8 Å². The lowest BCUT2D eigenvalue weighted by Crippen LogP contribution is -2.37. The van der Waals surface area contributed by atoms with Gasteiger partial charge in [0.05, 0.1) is 7.11 Å². The molecule has 2 heteroatoms. The Hall–Kier alpha value is -1.02.